The number of nitrogens with zero attached hydrogens (tertiary/aromatic N) is 2. The number of phenols is 1. The smallest absolute Gasteiger partial charge is 0.144 e. The largest absolute Gasteiger partial charge is 0.506 e. The van der Waals surface area contributed by atoms with Gasteiger partial charge < -0.3 is 10.4 Å². The standard InChI is InChI=1S/C16H20FN3O.2ClH/c1-2-3-4-15(20-9-7-19-8-10-20)12-5-6-14(17)13(11-18)16(12)21;;/h2,5-6,15,19,21H,1,3-4,7-10H2;2*1H/t15-;;/m0../s1. The van der Waals surface area contributed by atoms with E-state index in [1.807, 2.05) is 6.08 Å². The maximum Gasteiger partial charge on any atom is 0.144 e. The molecule has 1 heterocycles. The lowest BCUT2D eigenvalue weighted by Crippen LogP contribution is -2.45. The normalized spacial score (nSPS) is 15.7. The molecule has 7 heteroatoms. The van der Waals surface area contributed by atoms with Crippen LogP contribution in [0.2, 0.25) is 0 Å². The molecule has 2 rings (SSSR count). The Kier molecular flexibility index (Phi) is 9.85. The molecule has 0 amide bonds. The second kappa shape index (κ2) is 10.5. The number of benzene rings is 1. The SMILES string of the molecule is C=CCC[C@@H](c1ccc(F)c(C#N)c1O)N1CCNCC1.Cl.Cl. The van der Waals surface area contributed by atoms with Gasteiger partial charge in [-0.05, 0) is 18.9 Å². The van der Waals surface area contributed by atoms with Crippen LogP contribution in [0.4, 0.5) is 4.39 Å². The van der Waals surface area contributed by atoms with Crippen molar-refractivity contribution in [1.82, 2.24) is 10.2 Å². The Morgan fingerprint density at radius 1 is 1.39 bits per heavy atom. The number of piperazine rings is 1. The van der Waals surface area contributed by atoms with E-state index in [1.54, 1.807) is 12.1 Å². The number of nitriles is 1. The first-order valence-electron chi connectivity index (χ1n) is 7.16. The Labute approximate surface area is 148 Å². The molecule has 1 saturated heterocycles. The summed E-state index contributed by atoms with van der Waals surface area (Å²) in [6.07, 6.45) is 3.42. The molecule has 1 aromatic carbocycles. The molecule has 23 heavy (non-hydrogen) atoms. The van der Waals surface area contributed by atoms with Crippen LogP contribution < -0.4 is 5.32 Å². The van der Waals surface area contributed by atoms with Gasteiger partial charge >= 0.3 is 0 Å². The van der Waals surface area contributed by atoms with Crippen LogP contribution in [-0.4, -0.2) is 36.2 Å². The third-order valence-corrected chi connectivity index (χ3v) is 3.87. The number of hydrogen-bond acceptors (Lipinski definition) is 4. The van der Waals surface area contributed by atoms with Gasteiger partial charge in [0, 0.05) is 37.8 Å². The summed E-state index contributed by atoms with van der Waals surface area (Å²) >= 11 is 0. The molecule has 1 atom stereocenters. The maximum absolute atomic E-state index is 13.6. The van der Waals surface area contributed by atoms with Gasteiger partial charge in [-0.15, -0.1) is 31.4 Å². The van der Waals surface area contributed by atoms with Crippen LogP contribution >= 0.6 is 24.8 Å². The number of hydrogen-bond donors (Lipinski definition) is 2. The van der Waals surface area contributed by atoms with Crippen molar-refractivity contribution < 1.29 is 9.50 Å². The molecule has 1 aliphatic rings. The summed E-state index contributed by atoms with van der Waals surface area (Å²) in [6.45, 7) is 7.23. The molecule has 0 aromatic heterocycles. The van der Waals surface area contributed by atoms with Crippen LogP contribution in [-0.2, 0) is 0 Å². The van der Waals surface area contributed by atoms with Gasteiger partial charge in [0.2, 0.25) is 0 Å². The van der Waals surface area contributed by atoms with Crippen LogP contribution in [0, 0.1) is 17.1 Å². The van der Waals surface area contributed by atoms with E-state index >= 15 is 0 Å². The van der Waals surface area contributed by atoms with Crippen LogP contribution in [0.5, 0.6) is 5.75 Å². The number of aromatic hydroxyl groups is 1. The minimum Gasteiger partial charge on any atom is -0.506 e. The van der Waals surface area contributed by atoms with Crippen molar-refractivity contribution in [1.29, 1.82) is 5.26 Å². The molecule has 1 aliphatic heterocycles. The van der Waals surface area contributed by atoms with E-state index in [0.717, 1.165) is 39.0 Å². The topological polar surface area (TPSA) is 59.3 Å². The molecule has 1 fully saturated rings. The molecule has 2 N–H and O–H groups in total. The number of allylic oxidation sites excluding steroid dienone is 1. The van der Waals surface area contributed by atoms with E-state index in [-0.39, 0.29) is 42.2 Å². The lowest BCUT2D eigenvalue weighted by molar-refractivity contribution is 0.163. The monoisotopic (exact) mass is 361 g/mol. The highest BCUT2D eigenvalue weighted by molar-refractivity contribution is 5.85. The van der Waals surface area contributed by atoms with E-state index in [1.165, 1.54) is 6.07 Å². The molecular formula is C16H22Cl2FN3O. The van der Waals surface area contributed by atoms with Gasteiger partial charge in [-0.25, -0.2) is 4.39 Å². The summed E-state index contributed by atoms with van der Waals surface area (Å²) in [6, 6.07) is 4.56. The van der Waals surface area contributed by atoms with Crippen molar-refractivity contribution >= 4 is 24.8 Å². The van der Waals surface area contributed by atoms with E-state index in [0.29, 0.717) is 5.56 Å². The first kappa shape index (κ1) is 21.7. The summed E-state index contributed by atoms with van der Waals surface area (Å²) in [7, 11) is 0. The third kappa shape index (κ3) is 5.08. The Balaban J connectivity index is 0.00000242. The number of nitrogens with one attached hydrogen (secondary N) is 1. The fraction of sp³-hybridized carbons (Fsp3) is 0.438. The minimum atomic E-state index is -0.679. The Morgan fingerprint density at radius 3 is 2.61 bits per heavy atom. The molecule has 0 saturated carbocycles. The van der Waals surface area contributed by atoms with Crippen LogP contribution in [0.25, 0.3) is 0 Å². The van der Waals surface area contributed by atoms with Crippen molar-refractivity contribution in [3.05, 3.63) is 41.7 Å². The van der Waals surface area contributed by atoms with Crippen LogP contribution in [0.3, 0.4) is 0 Å². The molecule has 1 aromatic rings. The summed E-state index contributed by atoms with van der Waals surface area (Å²) < 4.78 is 13.6. The molecule has 4 nitrogen and oxygen atoms in total. The predicted octanol–water partition coefficient (Wildman–Crippen LogP) is 3.16. The summed E-state index contributed by atoms with van der Waals surface area (Å²) in [4.78, 5) is 2.26. The Morgan fingerprint density at radius 2 is 2.04 bits per heavy atom. The highest BCUT2D eigenvalue weighted by Gasteiger charge is 2.26. The second-order valence-corrected chi connectivity index (χ2v) is 5.14. The Hall–Kier alpha value is -1.32. The average molecular weight is 362 g/mol. The van der Waals surface area contributed by atoms with Crippen molar-refractivity contribution in [2.24, 2.45) is 0 Å². The van der Waals surface area contributed by atoms with E-state index in [9.17, 15) is 9.50 Å². The minimum absolute atomic E-state index is 0. The fourth-order valence-corrected chi connectivity index (χ4v) is 2.76. The third-order valence-electron chi connectivity index (χ3n) is 3.87. The highest BCUT2D eigenvalue weighted by Crippen LogP contribution is 2.35. The van der Waals surface area contributed by atoms with Gasteiger partial charge in [0.25, 0.3) is 0 Å². The predicted molar refractivity (Wildman–Crippen MR) is 93.9 cm³/mol. The number of halogens is 3. The zero-order valence-electron chi connectivity index (χ0n) is 12.8. The molecule has 0 aliphatic carbocycles. The number of rotatable bonds is 5. The van der Waals surface area contributed by atoms with Gasteiger partial charge in [-0.3, -0.25) is 4.90 Å². The fourth-order valence-electron chi connectivity index (χ4n) is 2.76. The summed E-state index contributed by atoms with van der Waals surface area (Å²) in [5.41, 5.74) is 0.350. The van der Waals surface area contributed by atoms with Crippen molar-refractivity contribution in [2.75, 3.05) is 26.2 Å². The van der Waals surface area contributed by atoms with Crippen molar-refractivity contribution in [2.45, 2.75) is 18.9 Å². The van der Waals surface area contributed by atoms with Gasteiger partial charge in [0.1, 0.15) is 23.2 Å². The molecule has 0 radical (unpaired) electrons. The first-order valence-corrected chi connectivity index (χ1v) is 7.16. The van der Waals surface area contributed by atoms with Gasteiger partial charge in [-0.2, -0.15) is 5.26 Å². The van der Waals surface area contributed by atoms with Gasteiger partial charge in [0.15, 0.2) is 0 Å². The van der Waals surface area contributed by atoms with Crippen molar-refractivity contribution in [3.8, 4) is 11.8 Å². The van der Waals surface area contributed by atoms with E-state index in [2.05, 4.69) is 16.8 Å². The zero-order chi connectivity index (χ0) is 15.2. The molecule has 128 valence electrons. The molecular weight excluding hydrogens is 340 g/mol. The highest BCUT2D eigenvalue weighted by atomic mass is 35.5. The number of phenolic OH excluding ortho intramolecular Hbond substituents is 1. The van der Waals surface area contributed by atoms with Crippen molar-refractivity contribution in [3.63, 3.8) is 0 Å². The maximum atomic E-state index is 13.6. The first-order chi connectivity index (χ1) is 10.2. The summed E-state index contributed by atoms with van der Waals surface area (Å²) in [5, 5.41) is 22.5. The van der Waals surface area contributed by atoms with E-state index < -0.39 is 5.82 Å². The lowest BCUT2D eigenvalue weighted by Gasteiger charge is -2.35. The average Bonchev–Trinajstić information content (AvgIpc) is 2.51. The van der Waals surface area contributed by atoms with Gasteiger partial charge in [0.05, 0.1) is 0 Å². The molecule has 0 bridgehead atoms. The van der Waals surface area contributed by atoms with Crippen LogP contribution in [0.15, 0.2) is 24.8 Å². The van der Waals surface area contributed by atoms with Crippen LogP contribution in [0.1, 0.15) is 30.0 Å². The molecule has 0 spiro atoms. The Bertz CT molecular complexity index is 557. The van der Waals surface area contributed by atoms with E-state index in [4.69, 9.17) is 5.26 Å². The molecule has 0 unspecified atom stereocenters. The quantitative estimate of drug-likeness (QED) is 0.790. The summed E-state index contributed by atoms with van der Waals surface area (Å²) in [5.74, 6) is -0.911. The zero-order valence-corrected chi connectivity index (χ0v) is 14.4. The van der Waals surface area contributed by atoms with Gasteiger partial charge in [-0.1, -0.05) is 12.1 Å². The second-order valence-electron chi connectivity index (χ2n) is 5.14. The lowest BCUT2D eigenvalue weighted by atomic mass is 9.96.